The largest absolute Gasteiger partial charge is 0.347 e. The van der Waals surface area contributed by atoms with Crippen molar-refractivity contribution < 1.29 is 9.18 Å². The van der Waals surface area contributed by atoms with Crippen LogP contribution in [0.5, 0.6) is 0 Å². The Labute approximate surface area is 101 Å². The van der Waals surface area contributed by atoms with Crippen molar-refractivity contribution in [1.29, 1.82) is 0 Å². The first kappa shape index (κ1) is 12.1. The lowest BCUT2D eigenvalue weighted by Gasteiger charge is -2.18. The molecule has 1 fully saturated rings. The Morgan fingerprint density at radius 3 is 2.71 bits per heavy atom. The molecule has 1 aromatic carbocycles. The minimum Gasteiger partial charge on any atom is -0.347 e. The van der Waals surface area contributed by atoms with E-state index in [1.165, 1.54) is 12.1 Å². The van der Waals surface area contributed by atoms with Gasteiger partial charge in [0.1, 0.15) is 5.82 Å². The van der Waals surface area contributed by atoms with Gasteiger partial charge in [0.15, 0.2) is 0 Å². The number of halogens is 1. The molecule has 1 amide bonds. The molecule has 3 heteroatoms. The number of hydrogen-bond donors (Lipinski definition) is 1. The Bertz CT molecular complexity index is 424. The van der Waals surface area contributed by atoms with Crippen molar-refractivity contribution in [3.63, 3.8) is 0 Å². The van der Waals surface area contributed by atoms with E-state index in [9.17, 15) is 9.18 Å². The van der Waals surface area contributed by atoms with Crippen molar-refractivity contribution in [3.8, 4) is 0 Å². The summed E-state index contributed by atoms with van der Waals surface area (Å²) in [7, 11) is 0. The van der Waals surface area contributed by atoms with Crippen LogP contribution in [-0.4, -0.2) is 5.91 Å². The van der Waals surface area contributed by atoms with Gasteiger partial charge in [-0.05, 0) is 36.5 Å². The van der Waals surface area contributed by atoms with Crippen LogP contribution in [0.3, 0.4) is 0 Å². The molecule has 2 nitrogen and oxygen atoms in total. The van der Waals surface area contributed by atoms with E-state index in [0.29, 0.717) is 12.3 Å². The van der Waals surface area contributed by atoms with E-state index in [2.05, 4.69) is 5.32 Å². The van der Waals surface area contributed by atoms with Gasteiger partial charge in [-0.3, -0.25) is 4.79 Å². The summed E-state index contributed by atoms with van der Waals surface area (Å²) in [5, 5.41) is 3.04. The summed E-state index contributed by atoms with van der Waals surface area (Å²) in [5.74, 6) is 0.159. The molecule has 0 atom stereocenters. The summed E-state index contributed by atoms with van der Waals surface area (Å²) in [5.41, 5.74) is 0.586. The Balaban J connectivity index is 2.07. The molecule has 17 heavy (non-hydrogen) atoms. The number of carbonyl (C=O) groups excluding carboxylic acids is 1. The van der Waals surface area contributed by atoms with Crippen molar-refractivity contribution in [2.24, 2.45) is 5.92 Å². The number of nitrogens with one attached hydrogen (secondary N) is 1. The van der Waals surface area contributed by atoms with Crippen molar-refractivity contribution in [2.75, 3.05) is 0 Å². The Morgan fingerprint density at radius 2 is 2.18 bits per heavy atom. The van der Waals surface area contributed by atoms with Crippen LogP contribution in [0, 0.1) is 11.7 Å². The fourth-order valence-corrected chi connectivity index (χ4v) is 2.09. The molecule has 0 radical (unpaired) electrons. The second kappa shape index (κ2) is 4.47. The lowest BCUT2D eigenvalue weighted by atomic mass is 10.0. The average Bonchev–Trinajstić information content (AvgIpc) is 2.97. The molecule has 0 heterocycles. The zero-order valence-electron chi connectivity index (χ0n) is 10.3. The normalized spacial score (nSPS) is 16.9. The highest BCUT2D eigenvalue weighted by Crippen LogP contribution is 2.45. The molecule has 0 spiro atoms. The topological polar surface area (TPSA) is 29.1 Å². The van der Waals surface area contributed by atoms with E-state index in [1.54, 1.807) is 6.07 Å². The fourth-order valence-electron chi connectivity index (χ4n) is 2.09. The first-order valence-electron chi connectivity index (χ1n) is 6.09. The number of rotatable bonds is 4. The quantitative estimate of drug-likeness (QED) is 0.854. The number of carbonyl (C=O) groups is 1. The van der Waals surface area contributed by atoms with Gasteiger partial charge in [0, 0.05) is 6.42 Å². The Kier molecular flexibility index (Phi) is 3.18. The monoisotopic (exact) mass is 235 g/mol. The van der Waals surface area contributed by atoms with Gasteiger partial charge < -0.3 is 5.32 Å². The molecule has 1 N–H and O–H groups in total. The molecule has 92 valence electrons. The van der Waals surface area contributed by atoms with Crippen LogP contribution in [0.4, 0.5) is 4.39 Å². The van der Waals surface area contributed by atoms with Gasteiger partial charge >= 0.3 is 0 Å². The second-order valence-corrected chi connectivity index (χ2v) is 5.24. The third-order valence-corrected chi connectivity index (χ3v) is 3.10. The van der Waals surface area contributed by atoms with Crippen LogP contribution in [0.2, 0.25) is 0 Å². The summed E-state index contributed by atoms with van der Waals surface area (Å²) in [4.78, 5) is 11.8. The maximum atomic E-state index is 13.2. The van der Waals surface area contributed by atoms with Crippen LogP contribution in [-0.2, 0) is 10.3 Å². The predicted molar refractivity (Wildman–Crippen MR) is 64.9 cm³/mol. The highest BCUT2D eigenvalue weighted by molar-refractivity contribution is 5.77. The number of hydrogen-bond acceptors (Lipinski definition) is 1. The molecule has 1 aliphatic carbocycles. The van der Waals surface area contributed by atoms with Gasteiger partial charge in [-0.15, -0.1) is 0 Å². The van der Waals surface area contributed by atoms with Crippen molar-refractivity contribution in [2.45, 2.75) is 38.6 Å². The number of benzene rings is 1. The molecule has 1 aromatic rings. The SMILES string of the molecule is CC(C)CC(=O)NC1(c2cccc(F)c2)CC1. The van der Waals surface area contributed by atoms with Crippen LogP contribution < -0.4 is 5.32 Å². The zero-order chi connectivity index (χ0) is 12.5. The number of amides is 1. The zero-order valence-corrected chi connectivity index (χ0v) is 10.3. The van der Waals surface area contributed by atoms with Crippen LogP contribution in [0.15, 0.2) is 24.3 Å². The third kappa shape index (κ3) is 2.84. The summed E-state index contributed by atoms with van der Waals surface area (Å²) in [6.07, 6.45) is 2.33. The van der Waals surface area contributed by atoms with Crippen LogP contribution in [0.25, 0.3) is 0 Å². The third-order valence-electron chi connectivity index (χ3n) is 3.10. The molecular formula is C14H18FNO. The second-order valence-electron chi connectivity index (χ2n) is 5.24. The van der Waals surface area contributed by atoms with E-state index < -0.39 is 0 Å². The Hall–Kier alpha value is -1.38. The van der Waals surface area contributed by atoms with Crippen LogP contribution in [0.1, 0.15) is 38.7 Å². The summed E-state index contributed by atoms with van der Waals surface area (Å²) in [6.45, 7) is 4.03. The van der Waals surface area contributed by atoms with Crippen molar-refractivity contribution >= 4 is 5.91 Å². The Morgan fingerprint density at radius 1 is 1.47 bits per heavy atom. The smallest absolute Gasteiger partial charge is 0.220 e. The molecule has 0 unspecified atom stereocenters. The van der Waals surface area contributed by atoms with E-state index >= 15 is 0 Å². The maximum Gasteiger partial charge on any atom is 0.220 e. The highest BCUT2D eigenvalue weighted by Gasteiger charge is 2.45. The van der Waals surface area contributed by atoms with Gasteiger partial charge in [-0.2, -0.15) is 0 Å². The average molecular weight is 235 g/mol. The standard InChI is InChI=1S/C14H18FNO/c1-10(2)8-13(17)16-14(6-7-14)11-4-3-5-12(15)9-11/h3-5,9-10H,6-8H2,1-2H3,(H,16,17). The first-order valence-corrected chi connectivity index (χ1v) is 6.09. The van der Waals surface area contributed by atoms with E-state index in [1.807, 2.05) is 19.9 Å². The minimum absolute atomic E-state index is 0.0572. The van der Waals surface area contributed by atoms with Gasteiger partial charge in [0.05, 0.1) is 5.54 Å². The molecular weight excluding hydrogens is 217 g/mol. The van der Waals surface area contributed by atoms with E-state index in [-0.39, 0.29) is 17.3 Å². The molecule has 0 aromatic heterocycles. The molecule has 0 bridgehead atoms. The molecule has 0 aliphatic heterocycles. The summed E-state index contributed by atoms with van der Waals surface area (Å²) >= 11 is 0. The molecule has 1 saturated carbocycles. The van der Waals surface area contributed by atoms with Crippen molar-refractivity contribution in [1.82, 2.24) is 5.32 Å². The fraction of sp³-hybridized carbons (Fsp3) is 0.500. The van der Waals surface area contributed by atoms with Gasteiger partial charge in [0.25, 0.3) is 0 Å². The lowest BCUT2D eigenvalue weighted by molar-refractivity contribution is -0.122. The molecule has 0 saturated heterocycles. The lowest BCUT2D eigenvalue weighted by Crippen LogP contribution is -2.35. The van der Waals surface area contributed by atoms with E-state index in [0.717, 1.165) is 18.4 Å². The predicted octanol–water partition coefficient (Wildman–Crippen LogP) is 2.98. The van der Waals surface area contributed by atoms with Gasteiger partial charge in [0.2, 0.25) is 5.91 Å². The van der Waals surface area contributed by atoms with E-state index in [4.69, 9.17) is 0 Å². The highest BCUT2D eigenvalue weighted by atomic mass is 19.1. The summed E-state index contributed by atoms with van der Waals surface area (Å²) in [6, 6.07) is 6.52. The first-order chi connectivity index (χ1) is 8.02. The minimum atomic E-state index is -0.298. The maximum absolute atomic E-state index is 13.2. The van der Waals surface area contributed by atoms with Crippen molar-refractivity contribution in [3.05, 3.63) is 35.6 Å². The van der Waals surface area contributed by atoms with Gasteiger partial charge in [-0.25, -0.2) is 4.39 Å². The summed E-state index contributed by atoms with van der Waals surface area (Å²) < 4.78 is 13.2. The molecule has 1 aliphatic rings. The molecule has 2 rings (SSSR count). The van der Waals surface area contributed by atoms with Gasteiger partial charge in [-0.1, -0.05) is 26.0 Å². The van der Waals surface area contributed by atoms with Crippen LogP contribution >= 0.6 is 0 Å².